The lowest BCUT2D eigenvalue weighted by Crippen LogP contribution is -2.43. The van der Waals surface area contributed by atoms with Gasteiger partial charge in [0.2, 0.25) is 5.91 Å². The molecule has 1 saturated heterocycles. The van der Waals surface area contributed by atoms with Gasteiger partial charge in [0.1, 0.15) is 0 Å². The number of hydrogen-bond donors (Lipinski definition) is 1. The van der Waals surface area contributed by atoms with Crippen molar-refractivity contribution >= 4 is 5.91 Å². The highest BCUT2D eigenvalue weighted by Gasteiger charge is 2.19. The molecule has 3 nitrogen and oxygen atoms in total. The highest BCUT2D eigenvalue weighted by atomic mass is 16.2. The summed E-state index contributed by atoms with van der Waals surface area (Å²) >= 11 is 0. The van der Waals surface area contributed by atoms with Gasteiger partial charge in [-0.2, -0.15) is 0 Å². The summed E-state index contributed by atoms with van der Waals surface area (Å²) in [5.41, 5.74) is 0. The number of nitrogens with one attached hydrogen (secondary N) is 1. The molecule has 0 aromatic rings. The van der Waals surface area contributed by atoms with Gasteiger partial charge in [0.25, 0.3) is 0 Å². The summed E-state index contributed by atoms with van der Waals surface area (Å²) in [7, 11) is 1.83. The molecule has 3 heteroatoms. The van der Waals surface area contributed by atoms with Crippen LogP contribution in [0.2, 0.25) is 0 Å². The molecule has 1 N–H and O–H groups in total. The Morgan fingerprint density at radius 1 is 1.23 bits per heavy atom. The minimum absolute atomic E-state index is 0.0295. The molecular weight excluding hydrogens is 164 g/mol. The quantitative estimate of drug-likeness (QED) is 0.694. The zero-order valence-corrected chi connectivity index (χ0v) is 8.68. The van der Waals surface area contributed by atoms with Crippen LogP contribution in [0.15, 0.2) is 0 Å². The Bertz CT molecular complexity index is 162. The molecule has 1 aliphatic rings. The lowest BCUT2D eigenvalue weighted by atomic mass is 10.2. The maximum absolute atomic E-state index is 11.7. The first-order valence-corrected chi connectivity index (χ1v) is 5.21. The number of likely N-dealkylation sites (N-methyl/N-ethyl adjacent to an activating group) is 1. The first kappa shape index (κ1) is 10.5. The number of carbonyl (C=O) groups excluding carboxylic acids is 1. The molecule has 1 rings (SSSR count). The van der Waals surface area contributed by atoms with Gasteiger partial charge in [0.15, 0.2) is 0 Å². The Morgan fingerprint density at radius 2 is 1.77 bits per heavy atom. The van der Waals surface area contributed by atoms with Crippen molar-refractivity contribution in [1.82, 2.24) is 10.2 Å². The van der Waals surface area contributed by atoms with Gasteiger partial charge >= 0.3 is 0 Å². The fraction of sp³-hybridized carbons (Fsp3) is 0.900. The van der Waals surface area contributed by atoms with Crippen molar-refractivity contribution in [1.29, 1.82) is 0 Å². The molecule has 1 fully saturated rings. The molecule has 0 spiro atoms. The second kappa shape index (κ2) is 5.22. The normalized spacial score (nSPS) is 20.9. The Morgan fingerprint density at radius 3 is 2.23 bits per heavy atom. The molecule has 0 aromatic heterocycles. The summed E-state index contributed by atoms with van der Waals surface area (Å²) in [5.74, 6) is 0.254. The number of nitrogens with zero attached hydrogens (tertiary/aromatic N) is 1. The van der Waals surface area contributed by atoms with E-state index < -0.39 is 0 Å². The molecule has 0 bridgehead atoms. The third-order valence-corrected chi connectivity index (χ3v) is 2.72. The maximum Gasteiger partial charge on any atom is 0.239 e. The Balaban J connectivity index is 2.43. The Kier molecular flexibility index (Phi) is 4.22. The van der Waals surface area contributed by atoms with Gasteiger partial charge in [0.05, 0.1) is 6.04 Å². The fourth-order valence-electron chi connectivity index (χ4n) is 1.69. The van der Waals surface area contributed by atoms with Crippen LogP contribution in [0.5, 0.6) is 0 Å². The minimum Gasteiger partial charge on any atom is -0.341 e. The second-order valence-corrected chi connectivity index (χ2v) is 3.75. The summed E-state index contributed by atoms with van der Waals surface area (Å²) in [6.45, 7) is 3.82. The van der Waals surface area contributed by atoms with E-state index in [9.17, 15) is 4.79 Å². The van der Waals surface area contributed by atoms with Gasteiger partial charge in [0, 0.05) is 13.1 Å². The molecule has 13 heavy (non-hydrogen) atoms. The van der Waals surface area contributed by atoms with Crippen molar-refractivity contribution in [2.75, 3.05) is 20.1 Å². The van der Waals surface area contributed by atoms with E-state index in [0.717, 1.165) is 13.1 Å². The number of amides is 1. The van der Waals surface area contributed by atoms with Crippen molar-refractivity contribution in [2.45, 2.75) is 38.6 Å². The molecule has 76 valence electrons. The van der Waals surface area contributed by atoms with Crippen LogP contribution >= 0.6 is 0 Å². The Hall–Kier alpha value is -0.570. The molecule has 1 amide bonds. The van der Waals surface area contributed by atoms with Crippen molar-refractivity contribution in [3.05, 3.63) is 0 Å². The van der Waals surface area contributed by atoms with Crippen LogP contribution in [0.1, 0.15) is 32.6 Å². The van der Waals surface area contributed by atoms with Crippen LogP contribution < -0.4 is 5.32 Å². The zero-order chi connectivity index (χ0) is 9.68. The van der Waals surface area contributed by atoms with Crippen molar-refractivity contribution < 1.29 is 4.79 Å². The first-order chi connectivity index (χ1) is 6.25. The van der Waals surface area contributed by atoms with E-state index in [0.29, 0.717) is 0 Å². The molecule has 0 saturated carbocycles. The zero-order valence-electron chi connectivity index (χ0n) is 8.68. The van der Waals surface area contributed by atoms with Crippen LogP contribution in [-0.2, 0) is 4.79 Å². The molecular formula is C10H20N2O. The number of likely N-dealkylation sites (tertiary alicyclic amines) is 1. The van der Waals surface area contributed by atoms with E-state index in [1.165, 1.54) is 25.7 Å². The lowest BCUT2D eigenvalue weighted by Gasteiger charge is -2.23. The molecule has 1 atom stereocenters. The number of carbonyl (C=O) groups is 1. The van der Waals surface area contributed by atoms with Crippen LogP contribution in [-0.4, -0.2) is 37.0 Å². The van der Waals surface area contributed by atoms with E-state index in [1.54, 1.807) is 0 Å². The third-order valence-electron chi connectivity index (χ3n) is 2.72. The molecule has 1 unspecified atom stereocenters. The van der Waals surface area contributed by atoms with E-state index in [4.69, 9.17) is 0 Å². The van der Waals surface area contributed by atoms with Crippen LogP contribution in [0.25, 0.3) is 0 Å². The van der Waals surface area contributed by atoms with E-state index in [-0.39, 0.29) is 11.9 Å². The lowest BCUT2D eigenvalue weighted by molar-refractivity contribution is -0.132. The van der Waals surface area contributed by atoms with E-state index in [1.807, 2.05) is 18.9 Å². The fourth-order valence-corrected chi connectivity index (χ4v) is 1.69. The standard InChI is InChI=1S/C10H20N2O/c1-9(11-2)10(13)12-7-5-3-4-6-8-12/h9,11H,3-8H2,1-2H3. The maximum atomic E-state index is 11.7. The SMILES string of the molecule is CNC(C)C(=O)N1CCCCCC1. The predicted octanol–water partition coefficient (Wildman–Crippen LogP) is 0.997. The molecule has 1 aliphatic heterocycles. The number of rotatable bonds is 2. The Labute approximate surface area is 80.5 Å². The van der Waals surface area contributed by atoms with Gasteiger partial charge < -0.3 is 10.2 Å². The summed E-state index contributed by atoms with van der Waals surface area (Å²) in [5, 5.41) is 2.99. The largest absolute Gasteiger partial charge is 0.341 e. The van der Waals surface area contributed by atoms with Crippen LogP contribution in [0.4, 0.5) is 0 Å². The van der Waals surface area contributed by atoms with Gasteiger partial charge in [-0.05, 0) is 26.8 Å². The van der Waals surface area contributed by atoms with E-state index >= 15 is 0 Å². The van der Waals surface area contributed by atoms with Crippen molar-refractivity contribution in [3.63, 3.8) is 0 Å². The average molecular weight is 184 g/mol. The van der Waals surface area contributed by atoms with Crippen molar-refractivity contribution in [2.24, 2.45) is 0 Å². The third kappa shape index (κ3) is 2.99. The van der Waals surface area contributed by atoms with Gasteiger partial charge in [-0.25, -0.2) is 0 Å². The monoisotopic (exact) mass is 184 g/mol. The highest BCUT2D eigenvalue weighted by Crippen LogP contribution is 2.10. The second-order valence-electron chi connectivity index (χ2n) is 3.75. The molecule has 0 aromatic carbocycles. The topological polar surface area (TPSA) is 32.3 Å². The van der Waals surface area contributed by atoms with Crippen LogP contribution in [0.3, 0.4) is 0 Å². The van der Waals surface area contributed by atoms with Crippen molar-refractivity contribution in [3.8, 4) is 0 Å². The summed E-state index contributed by atoms with van der Waals surface area (Å²) < 4.78 is 0. The van der Waals surface area contributed by atoms with Gasteiger partial charge in [-0.1, -0.05) is 12.8 Å². The minimum atomic E-state index is -0.0295. The predicted molar refractivity (Wildman–Crippen MR) is 53.6 cm³/mol. The highest BCUT2D eigenvalue weighted by molar-refractivity contribution is 5.81. The molecule has 0 aliphatic carbocycles. The number of hydrogen-bond acceptors (Lipinski definition) is 2. The summed E-state index contributed by atoms with van der Waals surface area (Å²) in [6.07, 6.45) is 4.89. The van der Waals surface area contributed by atoms with Gasteiger partial charge in [-0.15, -0.1) is 0 Å². The average Bonchev–Trinajstić information content (AvgIpc) is 2.43. The molecule has 1 heterocycles. The summed E-state index contributed by atoms with van der Waals surface area (Å²) in [4.78, 5) is 13.7. The van der Waals surface area contributed by atoms with Gasteiger partial charge in [-0.3, -0.25) is 4.79 Å². The molecule has 0 radical (unpaired) electrons. The van der Waals surface area contributed by atoms with Crippen LogP contribution in [0, 0.1) is 0 Å². The smallest absolute Gasteiger partial charge is 0.239 e. The van der Waals surface area contributed by atoms with E-state index in [2.05, 4.69) is 5.32 Å². The summed E-state index contributed by atoms with van der Waals surface area (Å²) in [6, 6.07) is -0.0295. The first-order valence-electron chi connectivity index (χ1n) is 5.21.